The summed E-state index contributed by atoms with van der Waals surface area (Å²) in [4.78, 5) is 28.3. The third-order valence-electron chi connectivity index (χ3n) is 4.99. The molecule has 0 radical (unpaired) electrons. The predicted molar refractivity (Wildman–Crippen MR) is 97.7 cm³/mol. The van der Waals surface area contributed by atoms with Crippen LogP contribution in [0.5, 0.6) is 0 Å². The van der Waals surface area contributed by atoms with E-state index in [1.54, 1.807) is 17.0 Å². The Kier molecular flexibility index (Phi) is 4.72. The minimum absolute atomic E-state index is 0.101. The van der Waals surface area contributed by atoms with Gasteiger partial charge in [0.1, 0.15) is 6.10 Å². The zero-order valence-electron chi connectivity index (χ0n) is 14.1. The number of furan rings is 1. The van der Waals surface area contributed by atoms with Crippen molar-refractivity contribution < 1.29 is 18.7 Å². The summed E-state index contributed by atoms with van der Waals surface area (Å²) in [6.07, 6.45) is 0.997. The molecule has 3 heterocycles. The fourth-order valence-electron chi connectivity index (χ4n) is 3.58. The molecule has 2 aliphatic rings. The van der Waals surface area contributed by atoms with Crippen molar-refractivity contribution in [3.63, 3.8) is 0 Å². The van der Waals surface area contributed by atoms with Crippen LogP contribution in [0.1, 0.15) is 35.1 Å². The number of halogens is 1. The third kappa shape index (κ3) is 3.35. The lowest BCUT2D eigenvalue weighted by atomic mass is 10.0. The Bertz CT molecular complexity index is 799. The van der Waals surface area contributed by atoms with E-state index in [1.807, 2.05) is 35.2 Å². The summed E-state index contributed by atoms with van der Waals surface area (Å²) in [5.74, 6) is 0.223. The van der Waals surface area contributed by atoms with Gasteiger partial charge in [-0.05, 0) is 46.5 Å². The van der Waals surface area contributed by atoms with Gasteiger partial charge >= 0.3 is 6.09 Å². The van der Waals surface area contributed by atoms with E-state index in [1.165, 1.54) is 0 Å². The van der Waals surface area contributed by atoms with Crippen molar-refractivity contribution in [1.82, 2.24) is 9.80 Å². The van der Waals surface area contributed by atoms with E-state index in [2.05, 4.69) is 15.9 Å². The molecule has 2 amide bonds. The summed E-state index contributed by atoms with van der Waals surface area (Å²) < 4.78 is 11.4. The van der Waals surface area contributed by atoms with Crippen molar-refractivity contribution in [2.75, 3.05) is 19.6 Å². The van der Waals surface area contributed by atoms with Gasteiger partial charge < -0.3 is 19.0 Å². The van der Waals surface area contributed by atoms with Crippen LogP contribution in [0.2, 0.25) is 0 Å². The monoisotopic (exact) mass is 418 g/mol. The average Bonchev–Trinajstić information content (AvgIpc) is 3.28. The minimum Gasteiger partial charge on any atom is -0.444 e. The second-order valence-electron chi connectivity index (χ2n) is 6.56. The molecule has 1 aromatic heterocycles. The van der Waals surface area contributed by atoms with E-state index in [9.17, 15) is 9.59 Å². The maximum atomic E-state index is 12.4. The Hall–Kier alpha value is -2.28. The fraction of sp³-hybridized carbons (Fsp3) is 0.368. The number of hydrogen-bond donors (Lipinski definition) is 0. The van der Waals surface area contributed by atoms with Gasteiger partial charge in [0, 0.05) is 19.1 Å². The quantitative estimate of drug-likeness (QED) is 0.759. The van der Waals surface area contributed by atoms with Crippen LogP contribution in [0, 0.1) is 0 Å². The molecule has 0 spiro atoms. The van der Waals surface area contributed by atoms with Gasteiger partial charge in [-0.1, -0.05) is 30.3 Å². The first kappa shape index (κ1) is 17.1. The number of carbonyl (C=O) groups excluding carboxylic acids is 2. The molecule has 4 rings (SSSR count). The molecular weight excluding hydrogens is 400 g/mol. The minimum atomic E-state index is -0.265. The predicted octanol–water partition coefficient (Wildman–Crippen LogP) is 3.84. The molecule has 0 N–H and O–H groups in total. The summed E-state index contributed by atoms with van der Waals surface area (Å²) in [5.41, 5.74) is 1.01. The SMILES string of the molecule is O=C(c1ccc(Br)o1)N1CCC(N2CC(c3ccccc3)OC2=O)CC1. The van der Waals surface area contributed by atoms with Crippen molar-refractivity contribution in [1.29, 1.82) is 0 Å². The van der Waals surface area contributed by atoms with E-state index in [0.717, 1.165) is 18.4 Å². The van der Waals surface area contributed by atoms with E-state index in [0.29, 0.717) is 30.1 Å². The highest BCUT2D eigenvalue weighted by atomic mass is 79.9. The lowest BCUT2D eigenvalue weighted by Gasteiger charge is -2.35. The van der Waals surface area contributed by atoms with Crippen molar-refractivity contribution in [3.8, 4) is 0 Å². The molecular formula is C19H19BrN2O4. The van der Waals surface area contributed by atoms with Crippen molar-refractivity contribution in [2.24, 2.45) is 0 Å². The van der Waals surface area contributed by atoms with Crippen LogP contribution >= 0.6 is 15.9 Å². The van der Waals surface area contributed by atoms with Crippen LogP contribution in [0.4, 0.5) is 4.79 Å². The topological polar surface area (TPSA) is 63.0 Å². The van der Waals surface area contributed by atoms with Crippen LogP contribution in [0.3, 0.4) is 0 Å². The van der Waals surface area contributed by atoms with Gasteiger partial charge in [-0.15, -0.1) is 0 Å². The number of likely N-dealkylation sites (tertiary alicyclic amines) is 1. The zero-order chi connectivity index (χ0) is 18.1. The number of rotatable bonds is 3. The molecule has 1 atom stereocenters. The van der Waals surface area contributed by atoms with Crippen LogP contribution < -0.4 is 0 Å². The van der Waals surface area contributed by atoms with Gasteiger partial charge in [0.25, 0.3) is 5.91 Å². The van der Waals surface area contributed by atoms with E-state index >= 15 is 0 Å². The lowest BCUT2D eigenvalue weighted by molar-refractivity contribution is 0.0626. The largest absolute Gasteiger partial charge is 0.444 e. The van der Waals surface area contributed by atoms with Crippen molar-refractivity contribution >= 4 is 27.9 Å². The molecule has 1 aromatic carbocycles. The summed E-state index contributed by atoms with van der Waals surface area (Å²) in [6.45, 7) is 1.76. The highest BCUT2D eigenvalue weighted by Crippen LogP contribution is 2.30. The number of nitrogens with zero attached hydrogens (tertiary/aromatic N) is 2. The van der Waals surface area contributed by atoms with E-state index in [4.69, 9.17) is 9.15 Å². The molecule has 26 heavy (non-hydrogen) atoms. The average molecular weight is 419 g/mol. The smallest absolute Gasteiger partial charge is 0.410 e. The van der Waals surface area contributed by atoms with Crippen molar-refractivity contribution in [2.45, 2.75) is 25.0 Å². The van der Waals surface area contributed by atoms with Gasteiger partial charge in [-0.25, -0.2) is 4.79 Å². The summed E-state index contributed by atoms with van der Waals surface area (Å²) in [7, 11) is 0. The number of ether oxygens (including phenoxy) is 1. The van der Waals surface area contributed by atoms with Gasteiger partial charge in [-0.3, -0.25) is 4.79 Å². The molecule has 0 bridgehead atoms. The normalized spacial score (nSPS) is 21.1. The zero-order valence-corrected chi connectivity index (χ0v) is 15.7. The van der Waals surface area contributed by atoms with Crippen LogP contribution in [0.15, 0.2) is 51.6 Å². The van der Waals surface area contributed by atoms with Gasteiger partial charge in [0.15, 0.2) is 10.4 Å². The summed E-state index contributed by atoms with van der Waals surface area (Å²) in [6, 6.07) is 13.3. The fourth-order valence-corrected chi connectivity index (χ4v) is 3.89. The molecule has 136 valence electrons. The maximum absolute atomic E-state index is 12.4. The molecule has 2 aromatic rings. The van der Waals surface area contributed by atoms with Gasteiger partial charge in [0.05, 0.1) is 6.54 Å². The van der Waals surface area contributed by atoms with E-state index in [-0.39, 0.29) is 24.1 Å². The summed E-state index contributed by atoms with van der Waals surface area (Å²) in [5, 5.41) is 0. The molecule has 2 saturated heterocycles. The van der Waals surface area contributed by atoms with Crippen LogP contribution in [0.25, 0.3) is 0 Å². The molecule has 2 aliphatic heterocycles. The molecule has 6 nitrogen and oxygen atoms in total. The van der Waals surface area contributed by atoms with Crippen LogP contribution in [-0.2, 0) is 4.74 Å². The highest BCUT2D eigenvalue weighted by molar-refractivity contribution is 9.10. The molecule has 7 heteroatoms. The number of benzene rings is 1. The van der Waals surface area contributed by atoms with Crippen LogP contribution in [-0.4, -0.2) is 47.5 Å². The Morgan fingerprint density at radius 2 is 1.81 bits per heavy atom. The molecule has 1 unspecified atom stereocenters. The second kappa shape index (κ2) is 7.15. The first-order valence-corrected chi connectivity index (χ1v) is 9.48. The molecule has 0 saturated carbocycles. The third-order valence-corrected chi connectivity index (χ3v) is 5.41. The number of hydrogen-bond acceptors (Lipinski definition) is 4. The Morgan fingerprint density at radius 3 is 2.46 bits per heavy atom. The molecule has 2 fully saturated rings. The number of cyclic esters (lactones) is 1. The Morgan fingerprint density at radius 1 is 1.08 bits per heavy atom. The second-order valence-corrected chi connectivity index (χ2v) is 7.34. The number of carbonyl (C=O) groups is 2. The first-order chi connectivity index (χ1) is 12.6. The number of amides is 2. The van der Waals surface area contributed by atoms with Crippen molar-refractivity contribution in [3.05, 3.63) is 58.5 Å². The number of piperidine rings is 1. The highest BCUT2D eigenvalue weighted by Gasteiger charge is 2.38. The molecule has 0 aliphatic carbocycles. The summed E-state index contributed by atoms with van der Waals surface area (Å²) >= 11 is 3.21. The standard InChI is InChI=1S/C19H19BrN2O4/c20-17-7-6-15(25-17)18(23)21-10-8-14(9-11-21)22-12-16(26-19(22)24)13-4-2-1-3-5-13/h1-7,14,16H,8-12H2. The maximum Gasteiger partial charge on any atom is 0.410 e. The first-order valence-electron chi connectivity index (χ1n) is 8.68. The lowest BCUT2D eigenvalue weighted by Crippen LogP contribution is -2.47. The van der Waals surface area contributed by atoms with Gasteiger partial charge in [0.2, 0.25) is 0 Å². The van der Waals surface area contributed by atoms with E-state index < -0.39 is 0 Å². The van der Waals surface area contributed by atoms with Gasteiger partial charge in [-0.2, -0.15) is 0 Å². The Balaban J connectivity index is 1.36. The Labute approximate surface area is 159 Å².